The van der Waals surface area contributed by atoms with Gasteiger partial charge in [-0.15, -0.1) is 0 Å². The SMILES string of the molecule is COc1ncccc1CNC(=O)c1cc(N)cc(Cl)c1. The fourth-order valence-electron chi connectivity index (χ4n) is 1.76. The van der Waals surface area contributed by atoms with Crippen LogP contribution in [-0.2, 0) is 6.54 Å². The molecular weight excluding hydrogens is 278 g/mol. The molecule has 1 amide bonds. The average Bonchev–Trinajstić information content (AvgIpc) is 2.44. The van der Waals surface area contributed by atoms with Gasteiger partial charge in [-0.05, 0) is 24.3 Å². The molecule has 20 heavy (non-hydrogen) atoms. The van der Waals surface area contributed by atoms with Crippen LogP contribution in [0.15, 0.2) is 36.5 Å². The lowest BCUT2D eigenvalue weighted by molar-refractivity contribution is 0.0950. The highest BCUT2D eigenvalue weighted by molar-refractivity contribution is 6.31. The number of methoxy groups -OCH3 is 1. The van der Waals surface area contributed by atoms with E-state index in [2.05, 4.69) is 10.3 Å². The smallest absolute Gasteiger partial charge is 0.251 e. The largest absolute Gasteiger partial charge is 0.481 e. The lowest BCUT2D eigenvalue weighted by atomic mass is 10.2. The van der Waals surface area contributed by atoms with Crippen LogP contribution in [0.2, 0.25) is 5.02 Å². The van der Waals surface area contributed by atoms with Gasteiger partial charge in [0.1, 0.15) is 0 Å². The maximum Gasteiger partial charge on any atom is 0.251 e. The van der Waals surface area contributed by atoms with Crippen LogP contribution in [0.4, 0.5) is 5.69 Å². The van der Waals surface area contributed by atoms with Gasteiger partial charge in [0.2, 0.25) is 5.88 Å². The standard InChI is InChI=1S/C14H14ClN3O2/c1-20-14-9(3-2-4-17-14)8-18-13(19)10-5-11(15)7-12(16)6-10/h2-7H,8,16H2,1H3,(H,18,19). The van der Waals surface area contributed by atoms with E-state index in [4.69, 9.17) is 22.1 Å². The molecular formula is C14H14ClN3O2. The van der Waals surface area contributed by atoms with Crippen molar-refractivity contribution >= 4 is 23.2 Å². The van der Waals surface area contributed by atoms with Crippen LogP contribution in [0.1, 0.15) is 15.9 Å². The van der Waals surface area contributed by atoms with Gasteiger partial charge in [-0.2, -0.15) is 0 Å². The zero-order valence-electron chi connectivity index (χ0n) is 10.9. The number of pyridine rings is 1. The summed E-state index contributed by atoms with van der Waals surface area (Å²) in [5.41, 5.74) is 7.31. The first-order valence-corrected chi connectivity index (χ1v) is 6.30. The summed E-state index contributed by atoms with van der Waals surface area (Å²) in [6.07, 6.45) is 1.63. The van der Waals surface area contributed by atoms with E-state index < -0.39 is 0 Å². The van der Waals surface area contributed by atoms with E-state index in [0.717, 1.165) is 5.56 Å². The molecule has 0 aliphatic rings. The van der Waals surface area contributed by atoms with Gasteiger partial charge in [0.15, 0.2) is 0 Å². The van der Waals surface area contributed by atoms with Crippen LogP contribution in [0.5, 0.6) is 5.88 Å². The number of aromatic nitrogens is 1. The number of carbonyl (C=O) groups is 1. The highest BCUT2D eigenvalue weighted by Crippen LogP contribution is 2.17. The molecule has 6 heteroatoms. The average molecular weight is 292 g/mol. The van der Waals surface area contributed by atoms with Crippen molar-refractivity contribution in [2.75, 3.05) is 12.8 Å². The fraction of sp³-hybridized carbons (Fsp3) is 0.143. The molecule has 0 unspecified atom stereocenters. The van der Waals surface area contributed by atoms with E-state index in [9.17, 15) is 4.79 Å². The lowest BCUT2D eigenvalue weighted by Gasteiger charge is -2.09. The molecule has 0 radical (unpaired) electrons. The number of anilines is 1. The number of carbonyl (C=O) groups excluding carboxylic acids is 1. The predicted molar refractivity (Wildman–Crippen MR) is 77.8 cm³/mol. The van der Waals surface area contributed by atoms with E-state index >= 15 is 0 Å². The van der Waals surface area contributed by atoms with Crippen LogP contribution in [0.25, 0.3) is 0 Å². The van der Waals surface area contributed by atoms with Gasteiger partial charge in [0, 0.05) is 34.6 Å². The first-order valence-electron chi connectivity index (χ1n) is 5.92. The molecule has 2 aromatic rings. The Bertz CT molecular complexity index is 611. The van der Waals surface area contributed by atoms with Crippen LogP contribution in [0, 0.1) is 0 Å². The maximum absolute atomic E-state index is 12.0. The Morgan fingerprint density at radius 2 is 2.25 bits per heavy atom. The quantitative estimate of drug-likeness (QED) is 0.847. The number of benzene rings is 1. The first-order chi connectivity index (χ1) is 9.60. The zero-order chi connectivity index (χ0) is 14.5. The Morgan fingerprint density at radius 1 is 1.45 bits per heavy atom. The maximum atomic E-state index is 12.0. The number of nitrogens with zero attached hydrogens (tertiary/aromatic N) is 1. The van der Waals surface area contributed by atoms with Gasteiger partial charge in [-0.3, -0.25) is 4.79 Å². The number of nitrogens with one attached hydrogen (secondary N) is 1. The van der Waals surface area contributed by atoms with Gasteiger partial charge < -0.3 is 15.8 Å². The topological polar surface area (TPSA) is 77.2 Å². The van der Waals surface area contributed by atoms with E-state index in [0.29, 0.717) is 28.7 Å². The number of halogens is 1. The van der Waals surface area contributed by atoms with Crippen molar-refractivity contribution < 1.29 is 9.53 Å². The monoisotopic (exact) mass is 291 g/mol. The van der Waals surface area contributed by atoms with Gasteiger partial charge in [0.25, 0.3) is 5.91 Å². The molecule has 1 aromatic carbocycles. The summed E-state index contributed by atoms with van der Waals surface area (Å²) in [5, 5.41) is 3.20. The molecule has 0 bridgehead atoms. The second kappa shape index (κ2) is 6.25. The van der Waals surface area contributed by atoms with Crippen molar-refractivity contribution in [3.05, 3.63) is 52.7 Å². The van der Waals surface area contributed by atoms with Crippen molar-refractivity contribution in [2.24, 2.45) is 0 Å². The highest BCUT2D eigenvalue weighted by Gasteiger charge is 2.09. The van der Waals surface area contributed by atoms with Crippen LogP contribution >= 0.6 is 11.6 Å². The zero-order valence-corrected chi connectivity index (χ0v) is 11.6. The number of rotatable bonds is 4. The Kier molecular flexibility index (Phi) is 4.42. The summed E-state index contributed by atoms with van der Waals surface area (Å²) < 4.78 is 5.12. The number of hydrogen-bond acceptors (Lipinski definition) is 4. The third kappa shape index (κ3) is 3.39. The molecule has 0 spiro atoms. The number of nitrogens with two attached hydrogens (primary N) is 1. The van der Waals surface area contributed by atoms with E-state index in [1.807, 2.05) is 6.07 Å². The third-order valence-electron chi connectivity index (χ3n) is 2.67. The van der Waals surface area contributed by atoms with Crippen molar-refractivity contribution in [1.82, 2.24) is 10.3 Å². The fourth-order valence-corrected chi connectivity index (χ4v) is 2.01. The summed E-state index contributed by atoms with van der Waals surface area (Å²) in [5.74, 6) is 0.225. The van der Waals surface area contributed by atoms with Crippen LogP contribution < -0.4 is 15.8 Å². The Hall–Kier alpha value is -2.27. The van der Waals surface area contributed by atoms with Crippen molar-refractivity contribution in [1.29, 1.82) is 0 Å². The van der Waals surface area contributed by atoms with Gasteiger partial charge in [0.05, 0.1) is 7.11 Å². The molecule has 0 saturated carbocycles. The number of amides is 1. The molecule has 5 nitrogen and oxygen atoms in total. The molecule has 104 valence electrons. The molecule has 1 aromatic heterocycles. The van der Waals surface area contributed by atoms with Crippen molar-refractivity contribution in [3.8, 4) is 5.88 Å². The van der Waals surface area contributed by atoms with Crippen LogP contribution in [-0.4, -0.2) is 18.0 Å². The van der Waals surface area contributed by atoms with Gasteiger partial charge >= 0.3 is 0 Å². The molecule has 0 atom stereocenters. The molecule has 1 heterocycles. The van der Waals surface area contributed by atoms with E-state index in [1.54, 1.807) is 30.5 Å². The van der Waals surface area contributed by atoms with E-state index in [1.165, 1.54) is 7.11 Å². The molecule has 3 N–H and O–H groups in total. The third-order valence-corrected chi connectivity index (χ3v) is 2.88. The summed E-state index contributed by atoms with van der Waals surface area (Å²) in [6.45, 7) is 0.308. The summed E-state index contributed by atoms with van der Waals surface area (Å²) in [7, 11) is 1.53. The highest BCUT2D eigenvalue weighted by atomic mass is 35.5. The Labute approximate surface area is 121 Å². The molecule has 0 fully saturated rings. The molecule has 2 rings (SSSR count). The van der Waals surface area contributed by atoms with Crippen LogP contribution in [0.3, 0.4) is 0 Å². The Morgan fingerprint density at radius 3 is 2.95 bits per heavy atom. The molecule has 0 aliphatic carbocycles. The van der Waals surface area contributed by atoms with Crippen molar-refractivity contribution in [3.63, 3.8) is 0 Å². The summed E-state index contributed by atoms with van der Waals surface area (Å²) in [6, 6.07) is 8.33. The molecule has 0 aliphatic heterocycles. The van der Waals surface area contributed by atoms with Crippen molar-refractivity contribution in [2.45, 2.75) is 6.54 Å². The number of nitrogen functional groups attached to an aromatic ring is 1. The minimum Gasteiger partial charge on any atom is -0.481 e. The molecule has 0 saturated heterocycles. The number of hydrogen-bond donors (Lipinski definition) is 2. The first kappa shape index (κ1) is 14.1. The second-order valence-corrected chi connectivity index (χ2v) is 4.56. The number of ether oxygens (including phenoxy) is 1. The van der Waals surface area contributed by atoms with Gasteiger partial charge in [-0.1, -0.05) is 17.7 Å². The summed E-state index contributed by atoms with van der Waals surface area (Å²) >= 11 is 5.87. The summed E-state index contributed by atoms with van der Waals surface area (Å²) in [4.78, 5) is 16.1. The predicted octanol–water partition coefficient (Wildman–Crippen LogP) is 2.26. The minimum atomic E-state index is -0.259. The normalized spacial score (nSPS) is 10.1. The van der Waals surface area contributed by atoms with E-state index in [-0.39, 0.29) is 5.91 Å². The Balaban J connectivity index is 2.08. The second-order valence-electron chi connectivity index (χ2n) is 4.13. The minimum absolute atomic E-state index is 0.259. The van der Waals surface area contributed by atoms with Gasteiger partial charge in [-0.25, -0.2) is 4.98 Å². The lowest BCUT2D eigenvalue weighted by Crippen LogP contribution is -2.23.